The summed E-state index contributed by atoms with van der Waals surface area (Å²) in [6.45, 7) is 3.94. The first kappa shape index (κ1) is 12.2. The van der Waals surface area contributed by atoms with Gasteiger partial charge >= 0.3 is 6.03 Å². The molecule has 5 heteroatoms. The Labute approximate surface area is 105 Å². The van der Waals surface area contributed by atoms with E-state index in [1.54, 1.807) is 0 Å². The van der Waals surface area contributed by atoms with E-state index in [1.165, 1.54) is 6.26 Å². The molecule has 0 saturated carbocycles. The molecule has 0 unspecified atom stereocenters. The van der Waals surface area contributed by atoms with E-state index in [2.05, 4.69) is 15.6 Å². The molecule has 94 valence electrons. The quantitative estimate of drug-likeness (QED) is 0.870. The highest BCUT2D eigenvalue weighted by atomic mass is 16.3. The van der Waals surface area contributed by atoms with Gasteiger partial charge in [0, 0.05) is 11.6 Å². The van der Waals surface area contributed by atoms with Crippen molar-refractivity contribution >= 4 is 17.5 Å². The largest absolute Gasteiger partial charge is 0.446 e. The summed E-state index contributed by atoms with van der Waals surface area (Å²) in [6.07, 6.45) is 1.43. The minimum Gasteiger partial charge on any atom is -0.446 e. The van der Waals surface area contributed by atoms with E-state index in [0.29, 0.717) is 11.7 Å². The van der Waals surface area contributed by atoms with Crippen molar-refractivity contribution in [2.75, 3.05) is 10.6 Å². The Hall–Kier alpha value is -2.30. The molecule has 0 aliphatic carbocycles. The van der Waals surface area contributed by atoms with Crippen molar-refractivity contribution in [2.24, 2.45) is 0 Å². The number of carbonyl (C=O) groups is 1. The van der Waals surface area contributed by atoms with Crippen LogP contribution >= 0.6 is 0 Å². The van der Waals surface area contributed by atoms with Crippen LogP contribution in [0.1, 0.15) is 25.7 Å². The van der Waals surface area contributed by atoms with E-state index in [9.17, 15) is 4.79 Å². The molecule has 0 saturated heterocycles. The fourth-order valence-electron chi connectivity index (χ4n) is 1.41. The van der Waals surface area contributed by atoms with E-state index in [-0.39, 0.29) is 11.9 Å². The Morgan fingerprint density at radius 1 is 1.22 bits per heavy atom. The predicted molar refractivity (Wildman–Crippen MR) is 69.7 cm³/mol. The molecule has 0 fully saturated rings. The second kappa shape index (κ2) is 5.35. The van der Waals surface area contributed by atoms with Crippen molar-refractivity contribution in [1.82, 2.24) is 4.98 Å². The lowest BCUT2D eigenvalue weighted by Gasteiger charge is -2.04. The van der Waals surface area contributed by atoms with Gasteiger partial charge in [-0.25, -0.2) is 4.79 Å². The number of amides is 2. The minimum absolute atomic E-state index is 0.192. The summed E-state index contributed by atoms with van der Waals surface area (Å²) in [4.78, 5) is 15.8. The van der Waals surface area contributed by atoms with E-state index in [1.807, 2.05) is 44.2 Å². The van der Waals surface area contributed by atoms with Crippen molar-refractivity contribution in [2.45, 2.75) is 19.8 Å². The number of nitrogens with zero attached hydrogens (tertiary/aromatic N) is 1. The number of anilines is 2. The predicted octanol–water partition coefficient (Wildman–Crippen LogP) is 3.44. The van der Waals surface area contributed by atoms with Crippen LogP contribution in [0.5, 0.6) is 0 Å². The second-order valence-electron chi connectivity index (χ2n) is 4.17. The summed E-state index contributed by atoms with van der Waals surface area (Å²) in [5.41, 5.74) is 0.725. The van der Waals surface area contributed by atoms with Gasteiger partial charge in [0.05, 0.1) is 0 Å². The molecule has 2 amide bonds. The van der Waals surface area contributed by atoms with E-state index in [0.717, 1.165) is 5.69 Å². The number of oxazole rings is 1. The molecular formula is C13H15N3O2. The third kappa shape index (κ3) is 3.10. The van der Waals surface area contributed by atoms with Gasteiger partial charge in [0.1, 0.15) is 6.26 Å². The van der Waals surface area contributed by atoms with Crippen LogP contribution in [0.25, 0.3) is 0 Å². The topological polar surface area (TPSA) is 67.2 Å². The first-order chi connectivity index (χ1) is 8.65. The summed E-state index contributed by atoms with van der Waals surface area (Å²) in [6, 6.07) is 8.86. The van der Waals surface area contributed by atoms with Crippen molar-refractivity contribution in [3.05, 3.63) is 42.5 Å². The summed E-state index contributed by atoms with van der Waals surface area (Å²) in [5.74, 6) is 1.20. The van der Waals surface area contributed by atoms with Gasteiger partial charge in [-0.3, -0.25) is 5.32 Å². The van der Waals surface area contributed by atoms with Crippen LogP contribution in [0.3, 0.4) is 0 Å². The maximum atomic E-state index is 11.7. The molecule has 2 rings (SSSR count). The summed E-state index contributed by atoms with van der Waals surface area (Å²) in [5, 5.41) is 5.31. The van der Waals surface area contributed by atoms with E-state index >= 15 is 0 Å². The summed E-state index contributed by atoms with van der Waals surface area (Å²) < 4.78 is 5.22. The van der Waals surface area contributed by atoms with Gasteiger partial charge in [-0.05, 0) is 12.1 Å². The zero-order valence-corrected chi connectivity index (χ0v) is 10.3. The van der Waals surface area contributed by atoms with Gasteiger partial charge in [0.15, 0.2) is 11.7 Å². The number of hydrogen-bond donors (Lipinski definition) is 2. The second-order valence-corrected chi connectivity index (χ2v) is 4.17. The van der Waals surface area contributed by atoms with Gasteiger partial charge < -0.3 is 9.73 Å². The molecule has 5 nitrogen and oxygen atoms in total. The molecule has 1 aromatic carbocycles. The summed E-state index contributed by atoms with van der Waals surface area (Å²) in [7, 11) is 0. The highest BCUT2D eigenvalue weighted by molar-refractivity contribution is 5.98. The highest BCUT2D eigenvalue weighted by Gasteiger charge is 2.09. The first-order valence-electron chi connectivity index (χ1n) is 5.73. The third-order valence-electron chi connectivity index (χ3n) is 2.29. The maximum Gasteiger partial charge on any atom is 0.324 e. The van der Waals surface area contributed by atoms with Gasteiger partial charge in [-0.15, -0.1) is 0 Å². The van der Waals surface area contributed by atoms with Gasteiger partial charge in [0.25, 0.3) is 0 Å². The maximum absolute atomic E-state index is 11.7. The zero-order chi connectivity index (χ0) is 13.0. The van der Waals surface area contributed by atoms with Crippen LogP contribution in [0.15, 0.2) is 41.0 Å². The number of aromatic nitrogens is 1. The average Bonchev–Trinajstić information content (AvgIpc) is 2.78. The molecule has 1 heterocycles. The number of rotatable bonds is 3. The molecule has 0 radical (unpaired) electrons. The number of para-hydroxylation sites is 1. The number of hydrogen-bond acceptors (Lipinski definition) is 3. The Morgan fingerprint density at radius 2 is 1.94 bits per heavy atom. The van der Waals surface area contributed by atoms with Crippen LogP contribution in [0, 0.1) is 0 Å². The van der Waals surface area contributed by atoms with Crippen LogP contribution in [-0.2, 0) is 0 Å². The van der Waals surface area contributed by atoms with Crippen molar-refractivity contribution in [3.63, 3.8) is 0 Å². The number of carbonyl (C=O) groups excluding carboxylic acids is 1. The van der Waals surface area contributed by atoms with Crippen molar-refractivity contribution < 1.29 is 9.21 Å². The Balaban J connectivity index is 1.95. The molecule has 2 N–H and O–H groups in total. The molecule has 2 aromatic rings. The third-order valence-corrected chi connectivity index (χ3v) is 2.29. The monoisotopic (exact) mass is 245 g/mol. The van der Waals surface area contributed by atoms with E-state index < -0.39 is 0 Å². The Kier molecular flexibility index (Phi) is 3.62. The molecule has 0 aliphatic rings. The van der Waals surface area contributed by atoms with Gasteiger partial charge in [-0.1, -0.05) is 32.0 Å². The summed E-state index contributed by atoms with van der Waals surface area (Å²) >= 11 is 0. The zero-order valence-electron chi connectivity index (χ0n) is 10.3. The Bertz CT molecular complexity index is 520. The lowest BCUT2D eigenvalue weighted by Crippen LogP contribution is -2.19. The lowest BCUT2D eigenvalue weighted by molar-refractivity contribution is 0.262. The van der Waals surface area contributed by atoms with Crippen LogP contribution in [0.2, 0.25) is 0 Å². The molecule has 0 bridgehead atoms. The molecule has 0 aliphatic heterocycles. The smallest absolute Gasteiger partial charge is 0.324 e. The highest BCUT2D eigenvalue weighted by Crippen LogP contribution is 2.16. The first-order valence-corrected chi connectivity index (χ1v) is 5.73. The van der Waals surface area contributed by atoms with Crippen LogP contribution in [-0.4, -0.2) is 11.0 Å². The minimum atomic E-state index is -0.343. The van der Waals surface area contributed by atoms with Crippen LogP contribution in [0.4, 0.5) is 16.3 Å². The van der Waals surface area contributed by atoms with Crippen molar-refractivity contribution in [3.8, 4) is 0 Å². The standard InChI is InChI=1S/C13H15N3O2/c1-9(2)12-15-11(8-18-12)16-13(17)14-10-6-4-3-5-7-10/h3-9H,1-2H3,(H2,14,16,17). The Morgan fingerprint density at radius 3 is 2.56 bits per heavy atom. The molecular weight excluding hydrogens is 230 g/mol. The van der Waals surface area contributed by atoms with Crippen molar-refractivity contribution in [1.29, 1.82) is 0 Å². The molecule has 0 atom stereocenters. The average molecular weight is 245 g/mol. The van der Waals surface area contributed by atoms with Crippen LogP contribution < -0.4 is 10.6 Å². The molecule has 18 heavy (non-hydrogen) atoms. The van der Waals surface area contributed by atoms with Gasteiger partial charge in [0.2, 0.25) is 0 Å². The van der Waals surface area contributed by atoms with Gasteiger partial charge in [-0.2, -0.15) is 4.98 Å². The van der Waals surface area contributed by atoms with E-state index in [4.69, 9.17) is 4.42 Å². The fourth-order valence-corrected chi connectivity index (χ4v) is 1.41. The fraction of sp³-hybridized carbons (Fsp3) is 0.231. The SMILES string of the molecule is CC(C)c1nc(NC(=O)Nc2ccccc2)co1. The molecule has 0 spiro atoms. The normalized spacial score (nSPS) is 10.4. The number of urea groups is 1. The number of nitrogens with one attached hydrogen (secondary N) is 2. The molecule has 1 aromatic heterocycles. The lowest BCUT2D eigenvalue weighted by atomic mass is 10.2. The number of benzene rings is 1.